The monoisotopic (exact) mass is 215 g/mol. The maximum Gasteiger partial charge on any atom is 0.308 e. The number of esters is 1. The molecule has 0 bridgehead atoms. The second kappa shape index (κ2) is 5.73. The first-order valence-corrected chi connectivity index (χ1v) is 5.22. The molecule has 0 saturated carbocycles. The van der Waals surface area contributed by atoms with Crippen LogP contribution in [0.5, 0.6) is 0 Å². The highest BCUT2D eigenvalue weighted by molar-refractivity contribution is 5.78. The Labute approximate surface area is 91.4 Å². The van der Waals surface area contributed by atoms with Crippen molar-refractivity contribution in [2.75, 3.05) is 6.54 Å². The number of ether oxygens (including phenoxy) is 1. The Morgan fingerprint density at radius 1 is 1.27 bits per heavy atom. The fraction of sp³-hybridized carbons (Fsp3) is 0.818. The predicted octanol–water partition coefficient (Wildman–Crippen LogP) is 1.49. The molecule has 0 aliphatic rings. The van der Waals surface area contributed by atoms with E-state index in [1.165, 1.54) is 0 Å². The summed E-state index contributed by atoms with van der Waals surface area (Å²) in [7, 11) is 0. The molecule has 4 nitrogen and oxygen atoms in total. The quantitative estimate of drug-likeness (QED) is 0.723. The summed E-state index contributed by atoms with van der Waals surface area (Å²) >= 11 is 0. The minimum atomic E-state index is -0.459. The molecular formula is C11H21NO3. The summed E-state index contributed by atoms with van der Waals surface area (Å²) < 4.78 is 5.09. The van der Waals surface area contributed by atoms with Gasteiger partial charge in [0.1, 0.15) is 5.60 Å². The van der Waals surface area contributed by atoms with Crippen LogP contribution in [0.3, 0.4) is 0 Å². The number of carbonyl (C=O) groups excluding carboxylic acids is 2. The minimum absolute atomic E-state index is 0.0430. The van der Waals surface area contributed by atoms with E-state index in [-0.39, 0.29) is 24.2 Å². The highest BCUT2D eigenvalue weighted by atomic mass is 16.6. The fourth-order valence-corrected chi connectivity index (χ4v) is 0.884. The van der Waals surface area contributed by atoms with E-state index in [0.29, 0.717) is 6.54 Å². The van der Waals surface area contributed by atoms with Crippen molar-refractivity contribution in [3.63, 3.8) is 0 Å². The summed E-state index contributed by atoms with van der Waals surface area (Å²) in [6, 6.07) is 0. The molecule has 88 valence electrons. The van der Waals surface area contributed by atoms with E-state index in [1.54, 1.807) is 0 Å². The Balaban J connectivity index is 3.70. The van der Waals surface area contributed by atoms with Crippen molar-refractivity contribution in [3.05, 3.63) is 0 Å². The molecule has 0 saturated heterocycles. The highest BCUT2D eigenvalue weighted by Gasteiger charge is 2.16. The van der Waals surface area contributed by atoms with Gasteiger partial charge < -0.3 is 10.1 Å². The van der Waals surface area contributed by atoms with Crippen molar-refractivity contribution in [2.45, 2.75) is 46.6 Å². The zero-order valence-corrected chi connectivity index (χ0v) is 10.2. The SMILES string of the molecule is CC(C)C(=O)NCCC(=O)OC(C)(C)C. The van der Waals surface area contributed by atoms with Crippen molar-refractivity contribution in [1.82, 2.24) is 5.32 Å². The van der Waals surface area contributed by atoms with E-state index in [1.807, 2.05) is 34.6 Å². The third-order valence-electron chi connectivity index (χ3n) is 1.57. The van der Waals surface area contributed by atoms with Crippen LogP contribution >= 0.6 is 0 Å². The van der Waals surface area contributed by atoms with Crippen molar-refractivity contribution in [3.8, 4) is 0 Å². The lowest BCUT2D eigenvalue weighted by atomic mass is 10.2. The van der Waals surface area contributed by atoms with Gasteiger partial charge in [-0.3, -0.25) is 9.59 Å². The predicted molar refractivity (Wildman–Crippen MR) is 58.3 cm³/mol. The summed E-state index contributed by atoms with van der Waals surface area (Å²) in [5, 5.41) is 2.66. The van der Waals surface area contributed by atoms with Crippen LogP contribution in [0.2, 0.25) is 0 Å². The standard InChI is InChI=1S/C11H21NO3/c1-8(2)10(14)12-7-6-9(13)15-11(3,4)5/h8H,6-7H2,1-5H3,(H,12,14). The molecule has 0 rings (SSSR count). The van der Waals surface area contributed by atoms with Crippen LogP contribution in [0.1, 0.15) is 41.0 Å². The number of amides is 1. The van der Waals surface area contributed by atoms with Crippen LogP contribution < -0.4 is 5.32 Å². The van der Waals surface area contributed by atoms with Crippen LogP contribution in [0.25, 0.3) is 0 Å². The molecule has 0 unspecified atom stereocenters. The van der Waals surface area contributed by atoms with E-state index in [4.69, 9.17) is 4.74 Å². The lowest BCUT2D eigenvalue weighted by molar-refractivity contribution is -0.154. The van der Waals surface area contributed by atoms with Crippen molar-refractivity contribution in [1.29, 1.82) is 0 Å². The normalized spacial score (nSPS) is 11.3. The molecule has 0 fully saturated rings. The summed E-state index contributed by atoms with van der Waals surface area (Å²) in [4.78, 5) is 22.4. The Morgan fingerprint density at radius 3 is 2.20 bits per heavy atom. The largest absolute Gasteiger partial charge is 0.460 e. The zero-order valence-electron chi connectivity index (χ0n) is 10.2. The topological polar surface area (TPSA) is 55.4 Å². The molecule has 0 aromatic carbocycles. The zero-order chi connectivity index (χ0) is 12.1. The third-order valence-corrected chi connectivity index (χ3v) is 1.57. The van der Waals surface area contributed by atoms with Gasteiger partial charge in [0.25, 0.3) is 0 Å². The molecule has 1 amide bonds. The molecule has 1 N–H and O–H groups in total. The maximum absolute atomic E-state index is 11.2. The van der Waals surface area contributed by atoms with Crippen LogP contribution in [0.4, 0.5) is 0 Å². The first kappa shape index (κ1) is 13.9. The number of rotatable bonds is 4. The van der Waals surface area contributed by atoms with Gasteiger partial charge in [-0.25, -0.2) is 0 Å². The van der Waals surface area contributed by atoms with Gasteiger partial charge in [-0.2, -0.15) is 0 Å². The first-order valence-electron chi connectivity index (χ1n) is 5.22. The summed E-state index contributed by atoms with van der Waals surface area (Å²) in [6.45, 7) is 9.41. The molecule has 4 heteroatoms. The van der Waals surface area contributed by atoms with Gasteiger partial charge in [-0.15, -0.1) is 0 Å². The van der Waals surface area contributed by atoms with Gasteiger partial charge in [-0.1, -0.05) is 13.8 Å². The van der Waals surface area contributed by atoms with E-state index in [0.717, 1.165) is 0 Å². The van der Waals surface area contributed by atoms with Gasteiger partial charge >= 0.3 is 5.97 Å². The molecule has 0 aromatic heterocycles. The number of hydrogen-bond donors (Lipinski definition) is 1. The summed E-state index contributed by atoms with van der Waals surface area (Å²) in [6.07, 6.45) is 0.218. The average Bonchev–Trinajstić information content (AvgIpc) is 2.00. The molecule has 0 spiro atoms. The highest BCUT2D eigenvalue weighted by Crippen LogP contribution is 2.07. The van der Waals surface area contributed by atoms with Gasteiger partial charge in [0, 0.05) is 12.5 Å². The molecule has 0 atom stereocenters. The summed E-state index contributed by atoms with van der Waals surface area (Å²) in [5.74, 6) is -0.381. The minimum Gasteiger partial charge on any atom is -0.460 e. The third kappa shape index (κ3) is 7.97. The first-order chi connectivity index (χ1) is 6.72. The van der Waals surface area contributed by atoms with Gasteiger partial charge in [-0.05, 0) is 20.8 Å². The Hall–Kier alpha value is -1.06. The Morgan fingerprint density at radius 2 is 1.80 bits per heavy atom. The molecule has 0 aromatic rings. The van der Waals surface area contributed by atoms with Gasteiger partial charge in [0.2, 0.25) is 5.91 Å². The number of carbonyl (C=O) groups is 2. The van der Waals surface area contributed by atoms with E-state index in [9.17, 15) is 9.59 Å². The second-order valence-electron chi connectivity index (χ2n) is 4.78. The van der Waals surface area contributed by atoms with E-state index in [2.05, 4.69) is 5.32 Å². The van der Waals surface area contributed by atoms with Crippen LogP contribution in [0, 0.1) is 5.92 Å². The van der Waals surface area contributed by atoms with Gasteiger partial charge in [0.05, 0.1) is 6.42 Å². The molecular weight excluding hydrogens is 194 g/mol. The smallest absolute Gasteiger partial charge is 0.308 e. The number of hydrogen-bond acceptors (Lipinski definition) is 3. The Kier molecular flexibility index (Phi) is 5.33. The number of nitrogens with one attached hydrogen (secondary N) is 1. The molecule has 15 heavy (non-hydrogen) atoms. The molecule has 0 aliphatic heterocycles. The van der Waals surface area contributed by atoms with Crippen molar-refractivity contribution < 1.29 is 14.3 Å². The van der Waals surface area contributed by atoms with Crippen molar-refractivity contribution >= 4 is 11.9 Å². The second-order valence-corrected chi connectivity index (χ2v) is 4.78. The molecule has 0 aliphatic carbocycles. The van der Waals surface area contributed by atoms with Crippen LogP contribution in [-0.2, 0) is 14.3 Å². The van der Waals surface area contributed by atoms with Crippen LogP contribution in [-0.4, -0.2) is 24.0 Å². The lowest BCUT2D eigenvalue weighted by Crippen LogP contribution is -2.31. The summed E-state index contributed by atoms with van der Waals surface area (Å²) in [5.41, 5.74) is -0.459. The van der Waals surface area contributed by atoms with Gasteiger partial charge in [0.15, 0.2) is 0 Å². The molecule has 0 heterocycles. The Bertz CT molecular complexity index is 228. The van der Waals surface area contributed by atoms with E-state index >= 15 is 0 Å². The van der Waals surface area contributed by atoms with E-state index < -0.39 is 5.60 Å². The fourth-order valence-electron chi connectivity index (χ4n) is 0.884. The maximum atomic E-state index is 11.2. The van der Waals surface area contributed by atoms with Crippen LogP contribution in [0.15, 0.2) is 0 Å². The lowest BCUT2D eigenvalue weighted by Gasteiger charge is -2.19. The molecule has 0 radical (unpaired) electrons. The average molecular weight is 215 g/mol. The van der Waals surface area contributed by atoms with Crippen molar-refractivity contribution in [2.24, 2.45) is 5.92 Å².